The van der Waals surface area contributed by atoms with Crippen LogP contribution in [0, 0.1) is 6.92 Å². The van der Waals surface area contributed by atoms with Crippen molar-refractivity contribution >= 4 is 21.7 Å². The van der Waals surface area contributed by atoms with Gasteiger partial charge in [-0.1, -0.05) is 12.1 Å². The fourth-order valence-corrected chi connectivity index (χ4v) is 2.97. The average Bonchev–Trinajstić information content (AvgIpc) is 2.46. The van der Waals surface area contributed by atoms with Gasteiger partial charge in [-0.2, -0.15) is 0 Å². The highest BCUT2D eigenvalue weighted by Gasteiger charge is 2.18. The van der Waals surface area contributed by atoms with Crippen LogP contribution in [0.4, 0.5) is 5.69 Å². The van der Waals surface area contributed by atoms with Crippen LogP contribution in [0.2, 0.25) is 0 Å². The van der Waals surface area contributed by atoms with Gasteiger partial charge in [0.05, 0.1) is 23.3 Å². The van der Waals surface area contributed by atoms with Crippen LogP contribution >= 0.6 is 0 Å². The van der Waals surface area contributed by atoms with E-state index in [-0.39, 0.29) is 10.5 Å². The average molecular weight is 321 g/mol. The van der Waals surface area contributed by atoms with Crippen molar-refractivity contribution in [3.05, 3.63) is 53.6 Å². The maximum atomic E-state index is 12.3. The number of ether oxygens (including phenoxy) is 1. The van der Waals surface area contributed by atoms with E-state index in [1.165, 1.54) is 25.3 Å². The third kappa shape index (κ3) is 3.37. The summed E-state index contributed by atoms with van der Waals surface area (Å²) in [6.45, 7) is 1.61. The molecule has 0 unspecified atom stereocenters. The van der Waals surface area contributed by atoms with Crippen LogP contribution in [0.25, 0.3) is 0 Å². The quantitative estimate of drug-likeness (QED) is 0.882. The van der Waals surface area contributed by atoms with Crippen molar-refractivity contribution in [1.82, 2.24) is 0 Å². The van der Waals surface area contributed by atoms with Crippen LogP contribution in [0.5, 0.6) is 5.75 Å². The summed E-state index contributed by atoms with van der Waals surface area (Å²) < 4.78 is 32.1. The lowest BCUT2D eigenvalue weighted by Gasteiger charge is -2.10. The Morgan fingerprint density at radius 1 is 1.18 bits per heavy atom. The first-order valence-electron chi connectivity index (χ1n) is 6.34. The van der Waals surface area contributed by atoms with Crippen molar-refractivity contribution in [2.24, 2.45) is 0 Å². The van der Waals surface area contributed by atoms with Crippen LogP contribution in [-0.2, 0) is 10.0 Å². The van der Waals surface area contributed by atoms with E-state index in [4.69, 9.17) is 9.84 Å². The Balaban J connectivity index is 2.38. The Bertz CT molecular complexity index is 814. The van der Waals surface area contributed by atoms with Gasteiger partial charge in [0.15, 0.2) is 0 Å². The number of hydrogen-bond acceptors (Lipinski definition) is 4. The molecule has 0 aliphatic carbocycles. The number of hydrogen-bond donors (Lipinski definition) is 2. The van der Waals surface area contributed by atoms with Crippen LogP contribution in [0.3, 0.4) is 0 Å². The lowest BCUT2D eigenvalue weighted by atomic mass is 10.1. The van der Waals surface area contributed by atoms with E-state index in [9.17, 15) is 13.2 Å². The van der Waals surface area contributed by atoms with Crippen molar-refractivity contribution < 1.29 is 23.1 Å². The number of benzene rings is 2. The van der Waals surface area contributed by atoms with E-state index in [1.54, 1.807) is 25.1 Å². The van der Waals surface area contributed by atoms with Crippen molar-refractivity contribution in [2.45, 2.75) is 11.8 Å². The molecule has 0 bridgehead atoms. The zero-order valence-electron chi connectivity index (χ0n) is 12.0. The molecule has 0 spiro atoms. The molecule has 0 aliphatic heterocycles. The van der Waals surface area contributed by atoms with E-state index in [0.717, 1.165) is 6.07 Å². The highest BCUT2D eigenvalue weighted by Crippen LogP contribution is 2.22. The molecule has 2 aromatic carbocycles. The minimum absolute atomic E-state index is 0.0477. The standard InChI is InChI=1S/C15H15NO5S/c1-10-6-7-13(9-14(10)15(17)18)22(19,20)16-11-4-3-5-12(8-11)21-2/h3-9,16H,1-2H3,(H,17,18). The van der Waals surface area contributed by atoms with E-state index < -0.39 is 16.0 Å². The Kier molecular flexibility index (Phi) is 4.37. The summed E-state index contributed by atoms with van der Waals surface area (Å²) >= 11 is 0. The van der Waals surface area contributed by atoms with E-state index in [0.29, 0.717) is 17.0 Å². The van der Waals surface area contributed by atoms with Gasteiger partial charge in [-0.05, 0) is 36.8 Å². The number of sulfonamides is 1. The number of rotatable bonds is 5. The van der Waals surface area contributed by atoms with Gasteiger partial charge in [-0.3, -0.25) is 4.72 Å². The highest BCUT2D eigenvalue weighted by atomic mass is 32.2. The monoisotopic (exact) mass is 321 g/mol. The zero-order valence-corrected chi connectivity index (χ0v) is 12.8. The number of anilines is 1. The predicted molar refractivity (Wildman–Crippen MR) is 81.9 cm³/mol. The van der Waals surface area contributed by atoms with Crippen molar-refractivity contribution in [3.63, 3.8) is 0 Å². The third-order valence-corrected chi connectivity index (χ3v) is 4.45. The zero-order chi connectivity index (χ0) is 16.3. The molecular weight excluding hydrogens is 306 g/mol. The molecule has 116 valence electrons. The van der Waals surface area contributed by atoms with Crippen LogP contribution in [0.1, 0.15) is 15.9 Å². The lowest BCUT2D eigenvalue weighted by Crippen LogP contribution is -2.14. The number of nitrogens with one attached hydrogen (secondary N) is 1. The van der Waals surface area contributed by atoms with Crippen molar-refractivity contribution in [2.75, 3.05) is 11.8 Å². The van der Waals surface area contributed by atoms with Gasteiger partial charge in [-0.15, -0.1) is 0 Å². The van der Waals surface area contributed by atoms with Gasteiger partial charge < -0.3 is 9.84 Å². The fraction of sp³-hybridized carbons (Fsp3) is 0.133. The molecule has 2 aromatic rings. The Hall–Kier alpha value is -2.54. The topological polar surface area (TPSA) is 92.7 Å². The van der Waals surface area contributed by atoms with Gasteiger partial charge in [0.1, 0.15) is 5.75 Å². The molecule has 0 aromatic heterocycles. The minimum Gasteiger partial charge on any atom is -0.497 e. The second kappa shape index (κ2) is 6.07. The highest BCUT2D eigenvalue weighted by molar-refractivity contribution is 7.92. The number of aromatic carboxylic acids is 1. The number of carbonyl (C=O) groups is 1. The summed E-state index contributed by atoms with van der Waals surface area (Å²) in [6, 6.07) is 10.4. The second-order valence-electron chi connectivity index (χ2n) is 4.62. The largest absolute Gasteiger partial charge is 0.497 e. The van der Waals surface area contributed by atoms with E-state index in [1.807, 2.05) is 0 Å². The molecule has 0 fully saturated rings. The Morgan fingerprint density at radius 2 is 1.91 bits per heavy atom. The van der Waals surface area contributed by atoms with Crippen molar-refractivity contribution in [1.29, 1.82) is 0 Å². The van der Waals surface area contributed by atoms with E-state index in [2.05, 4.69) is 4.72 Å². The van der Waals surface area contributed by atoms with Gasteiger partial charge in [0.2, 0.25) is 0 Å². The molecule has 0 atom stereocenters. The minimum atomic E-state index is -3.88. The summed E-state index contributed by atoms with van der Waals surface area (Å²) in [5.41, 5.74) is 0.776. The first-order valence-corrected chi connectivity index (χ1v) is 7.82. The maximum absolute atomic E-state index is 12.3. The van der Waals surface area contributed by atoms with Gasteiger partial charge in [-0.25, -0.2) is 13.2 Å². The second-order valence-corrected chi connectivity index (χ2v) is 6.30. The molecule has 6 nitrogen and oxygen atoms in total. The molecule has 0 amide bonds. The molecule has 0 aliphatic rings. The van der Waals surface area contributed by atoms with Gasteiger partial charge in [0, 0.05) is 6.07 Å². The summed E-state index contributed by atoms with van der Waals surface area (Å²) in [7, 11) is -2.40. The molecule has 2 rings (SSSR count). The normalized spacial score (nSPS) is 11.0. The summed E-state index contributed by atoms with van der Waals surface area (Å²) in [5, 5.41) is 9.08. The van der Waals surface area contributed by atoms with Crippen LogP contribution in [0.15, 0.2) is 47.4 Å². The molecule has 7 heteroatoms. The van der Waals surface area contributed by atoms with Gasteiger partial charge in [0.25, 0.3) is 10.0 Å². The maximum Gasteiger partial charge on any atom is 0.335 e. The number of aryl methyl sites for hydroxylation is 1. The SMILES string of the molecule is COc1cccc(NS(=O)(=O)c2ccc(C)c(C(=O)O)c2)c1. The summed E-state index contributed by atoms with van der Waals surface area (Å²) in [4.78, 5) is 11.0. The number of carboxylic acids is 1. The lowest BCUT2D eigenvalue weighted by molar-refractivity contribution is 0.0696. The number of carboxylic acid groups (broad SMARTS) is 1. The fourth-order valence-electron chi connectivity index (χ4n) is 1.90. The Labute approximate surface area is 128 Å². The van der Waals surface area contributed by atoms with E-state index >= 15 is 0 Å². The first-order chi connectivity index (χ1) is 10.3. The molecule has 0 saturated heterocycles. The smallest absolute Gasteiger partial charge is 0.335 e. The van der Waals surface area contributed by atoms with Crippen LogP contribution in [-0.4, -0.2) is 26.6 Å². The summed E-state index contributed by atoms with van der Waals surface area (Å²) in [5.74, 6) is -0.661. The number of methoxy groups -OCH3 is 1. The molecule has 0 saturated carbocycles. The van der Waals surface area contributed by atoms with Gasteiger partial charge >= 0.3 is 5.97 Å². The molecular formula is C15H15NO5S. The molecule has 0 heterocycles. The molecule has 2 N–H and O–H groups in total. The third-order valence-electron chi connectivity index (χ3n) is 3.07. The first kappa shape index (κ1) is 15.8. The molecule has 0 radical (unpaired) electrons. The predicted octanol–water partition coefficient (Wildman–Crippen LogP) is 2.50. The summed E-state index contributed by atoms with van der Waals surface area (Å²) in [6.07, 6.45) is 0. The molecule has 22 heavy (non-hydrogen) atoms. The van der Waals surface area contributed by atoms with Crippen molar-refractivity contribution in [3.8, 4) is 5.75 Å². The van der Waals surface area contributed by atoms with Crippen LogP contribution < -0.4 is 9.46 Å². The Morgan fingerprint density at radius 3 is 2.55 bits per heavy atom.